The minimum Gasteiger partial charge on any atom is -0.351 e. The first-order chi connectivity index (χ1) is 10.2. The lowest BCUT2D eigenvalue weighted by atomic mass is 10.4. The summed E-state index contributed by atoms with van der Waals surface area (Å²) in [5.41, 5.74) is 0.657. The molecule has 0 spiro atoms. The molecular weight excluding hydrogens is 328 g/mol. The molecule has 6 nitrogen and oxygen atoms in total. The third-order valence-electron chi connectivity index (χ3n) is 2.40. The lowest BCUT2D eigenvalue weighted by molar-refractivity contribution is 0.0988. The van der Waals surface area contributed by atoms with Crippen molar-refractivity contribution in [1.82, 2.24) is 15.4 Å². The molecule has 0 radical (unpaired) electrons. The summed E-state index contributed by atoms with van der Waals surface area (Å²) >= 11 is 4.64. The molecule has 0 atom stereocenters. The van der Waals surface area contributed by atoms with E-state index in [1.807, 2.05) is 11.4 Å². The summed E-state index contributed by atoms with van der Waals surface area (Å²) < 4.78 is 5.70. The Morgan fingerprint density at radius 2 is 2.38 bits per heavy atom. The SMILES string of the molecule is Cc1cc(C(=O)Nc2nnc(SCc3cccs3)s2)on1. The zero-order chi connectivity index (χ0) is 14.7. The van der Waals surface area contributed by atoms with E-state index in [2.05, 4.69) is 26.7 Å². The van der Waals surface area contributed by atoms with E-state index in [4.69, 9.17) is 4.52 Å². The van der Waals surface area contributed by atoms with Crippen LogP contribution in [-0.4, -0.2) is 21.3 Å². The number of nitrogens with zero attached hydrogens (tertiary/aromatic N) is 3. The van der Waals surface area contributed by atoms with Gasteiger partial charge >= 0.3 is 0 Å². The van der Waals surface area contributed by atoms with Gasteiger partial charge in [0.25, 0.3) is 5.91 Å². The van der Waals surface area contributed by atoms with Gasteiger partial charge in [0.05, 0.1) is 5.69 Å². The number of hydrogen-bond donors (Lipinski definition) is 1. The Labute approximate surface area is 132 Å². The average Bonchev–Trinajstić information content (AvgIpc) is 3.17. The molecule has 0 saturated carbocycles. The second-order valence-electron chi connectivity index (χ2n) is 4.03. The molecule has 0 aromatic carbocycles. The fraction of sp³-hybridized carbons (Fsp3) is 0.167. The van der Waals surface area contributed by atoms with Crippen molar-refractivity contribution in [3.8, 4) is 0 Å². The van der Waals surface area contributed by atoms with Gasteiger partial charge in [-0.2, -0.15) is 0 Å². The molecule has 3 heterocycles. The number of hydrogen-bond acceptors (Lipinski definition) is 8. The lowest BCUT2D eigenvalue weighted by Gasteiger charge is -1.95. The number of nitrogens with one attached hydrogen (secondary N) is 1. The molecule has 9 heteroatoms. The van der Waals surface area contributed by atoms with Crippen molar-refractivity contribution in [3.05, 3.63) is 39.9 Å². The molecule has 0 aliphatic rings. The van der Waals surface area contributed by atoms with Crippen molar-refractivity contribution in [2.24, 2.45) is 0 Å². The third-order valence-corrected chi connectivity index (χ3v) is 5.48. The van der Waals surface area contributed by atoms with Crippen molar-refractivity contribution in [3.63, 3.8) is 0 Å². The fourth-order valence-electron chi connectivity index (χ4n) is 1.48. The van der Waals surface area contributed by atoms with Crippen LogP contribution in [0.5, 0.6) is 0 Å². The van der Waals surface area contributed by atoms with Crippen molar-refractivity contribution >= 4 is 45.5 Å². The van der Waals surface area contributed by atoms with Crippen LogP contribution < -0.4 is 5.32 Å². The van der Waals surface area contributed by atoms with Crippen molar-refractivity contribution in [1.29, 1.82) is 0 Å². The molecule has 0 saturated heterocycles. The maximum atomic E-state index is 11.9. The van der Waals surface area contributed by atoms with Crippen LogP contribution in [0.2, 0.25) is 0 Å². The topological polar surface area (TPSA) is 80.9 Å². The van der Waals surface area contributed by atoms with Gasteiger partial charge in [-0.15, -0.1) is 21.5 Å². The first-order valence-corrected chi connectivity index (χ1v) is 8.62. The fourth-order valence-corrected chi connectivity index (χ4v) is 4.00. The number of anilines is 1. The highest BCUT2D eigenvalue weighted by molar-refractivity contribution is 8.00. The smallest absolute Gasteiger partial charge is 0.296 e. The minimum atomic E-state index is -0.374. The Balaban J connectivity index is 1.58. The second-order valence-corrected chi connectivity index (χ2v) is 7.26. The van der Waals surface area contributed by atoms with E-state index in [0.717, 1.165) is 10.1 Å². The Hall–Kier alpha value is -1.71. The van der Waals surface area contributed by atoms with Crippen LogP contribution in [0, 0.1) is 6.92 Å². The van der Waals surface area contributed by atoms with Crippen LogP contribution in [0.25, 0.3) is 0 Å². The van der Waals surface area contributed by atoms with Crippen LogP contribution in [0.15, 0.2) is 32.4 Å². The summed E-state index contributed by atoms with van der Waals surface area (Å²) in [5.74, 6) is 0.638. The van der Waals surface area contributed by atoms with E-state index in [-0.39, 0.29) is 11.7 Å². The third kappa shape index (κ3) is 3.69. The van der Waals surface area contributed by atoms with Crippen LogP contribution in [0.3, 0.4) is 0 Å². The van der Waals surface area contributed by atoms with E-state index in [1.54, 1.807) is 36.1 Å². The van der Waals surface area contributed by atoms with Crippen LogP contribution in [0.1, 0.15) is 21.1 Å². The minimum absolute atomic E-state index is 0.162. The molecule has 0 unspecified atom stereocenters. The zero-order valence-electron chi connectivity index (χ0n) is 10.9. The van der Waals surface area contributed by atoms with Crippen molar-refractivity contribution in [2.45, 2.75) is 17.0 Å². The van der Waals surface area contributed by atoms with Gasteiger partial charge in [0.15, 0.2) is 4.34 Å². The molecule has 0 bridgehead atoms. The Morgan fingerprint density at radius 3 is 3.10 bits per heavy atom. The number of thiophene rings is 1. The van der Waals surface area contributed by atoms with Gasteiger partial charge < -0.3 is 4.52 Å². The van der Waals surface area contributed by atoms with E-state index in [1.165, 1.54) is 16.2 Å². The summed E-state index contributed by atoms with van der Waals surface area (Å²) in [6.45, 7) is 1.75. The molecule has 0 aliphatic heterocycles. The number of carbonyl (C=O) groups is 1. The molecule has 3 aromatic heterocycles. The Bertz CT molecular complexity index is 735. The molecule has 108 valence electrons. The monoisotopic (exact) mass is 338 g/mol. The summed E-state index contributed by atoms with van der Waals surface area (Å²) in [5, 5.41) is 16.8. The quantitative estimate of drug-likeness (QED) is 0.567. The number of carbonyl (C=O) groups excluding carboxylic acids is 1. The maximum Gasteiger partial charge on any atom is 0.296 e. The van der Waals surface area contributed by atoms with Gasteiger partial charge in [0.1, 0.15) is 0 Å². The molecule has 3 rings (SSSR count). The number of amides is 1. The van der Waals surface area contributed by atoms with Gasteiger partial charge in [-0.1, -0.05) is 34.3 Å². The highest BCUT2D eigenvalue weighted by Gasteiger charge is 2.14. The highest BCUT2D eigenvalue weighted by atomic mass is 32.2. The maximum absolute atomic E-state index is 11.9. The van der Waals surface area contributed by atoms with Gasteiger partial charge in [0, 0.05) is 16.7 Å². The second kappa shape index (κ2) is 6.37. The summed E-state index contributed by atoms with van der Waals surface area (Å²) in [6.07, 6.45) is 0. The molecule has 0 aliphatic carbocycles. The number of aryl methyl sites for hydroxylation is 1. The molecule has 1 N–H and O–H groups in total. The Kier molecular flexibility index (Phi) is 4.32. The van der Waals surface area contributed by atoms with E-state index < -0.39 is 0 Å². The first kappa shape index (κ1) is 14.2. The highest BCUT2D eigenvalue weighted by Crippen LogP contribution is 2.29. The van der Waals surface area contributed by atoms with E-state index >= 15 is 0 Å². The number of rotatable bonds is 5. The summed E-state index contributed by atoms with van der Waals surface area (Å²) in [4.78, 5) is 13.1. The predicted molar refractivity (Wildman–Crippen MR) is 83.0 cm³/mol. The molecule has 0 fully saturated rings. The van der Waals surface area contributed by atoms with Crippen LogP contribution in [0.4, 0.5) is 5.13 Å². The average molecular weight is 338 g/mol. The summed E-state index contributed by atoms with van der Waals surface area (Å²) in [7, 11) is 0. The first-order valence-electron chi connectivity index (χ1n) is 5.94. The van der Waals surface area contributed by atoms with Gasteiger partial charge in [-0.25, -0.2) is 0 Å². The lowest BCUT2D eigenvalue weighted by Crippen LogP contribution is -2.10. The van der Waals surface area contributed by atoms with Crippen molar-refractivity contribution < 1.29 is 9.32 Å². The van der Waals surface area contributed by atoms with Gasteiger partial charge in [0.2, 0.25) is 10.9 Å². The normalized spacial score (nSPS) is 10.7. The van der Waals surface area contributed by atoms with Crippen LogP contribution >= 0.6 is 34.4 Å². The van der Waals surface area contributed by atoms with Crippen LogP contribution in [-0.2, 0) is 5.75 Å². The molecular formula is C12H10N4O2S3. The van der Waals surface area contributed by atoms with Gasteiger partial charge in [-0.05, 0) is 18.4 Å². The standard InChI is InChI=1S/C12H10N4O2S3/c1-7-5-9(18-16-7)10(17)13-11-14-15-12(21-11)20-6-8-3-2-4-19-8/h2-5H,6H2,1H3,(H,13,14,17). The summed E-state index contributed by atoms with van der Waals surface area (Å²) in [6, 6.07) is 5.67. The van der Waals surface area contributed by atoms with E-state index in [9.17, 15) is 4.79 Å². The number of aromatic nitrogens is 3. The van der Waals surface area contributed by atoms with Gasteiger partial charge in [-0.3, -0.25) is 10.1 Å². The molecule has 21 heavy (non-hydrogen) atoms. The zero-order valence-corrected chi connectivity index (χ0v) is 13.3. The number of thioether (sulfide) groups is 1. The van der Waals surface area contributed by atoms with Crippen molar-refractivity contribution in [2.75, 3.05) is 5.32 Å². The predicted octanol–water partition coefficient (Wildman–Crippen LogP) is 3.44. The van der Waals surface area contributed by atoms with E-state index in [0.29, 0.717) is 10.8 Å². The largest absolute Gasteiger partial charge is 0.351 e. The molecule has 1 amide bonds. The Morgan fingerprint density at radius 1 is 1.48 bits per heavy atom. The molecule has 3 aromatic rings.